The van der Waals surface area contributed by atoms with Gasteiger partial charge in [0.25, 0.3) is 0 Å². The van der Waals surface area contributed by atoms with Crippen LogP contribution in [0, 0.1) is 0 Å². The molecule has 2 atom stereocenters. The summed E-state index contributed by atoms with van der Waals surface area (Å²) in [6.07, 6.45) is 1.43. The number of methoxy groups -OCH3 is 1. The lowest BCUT2D eigenvalue weighted by atomic mass is 10.1. The Morgan fingerprint density at radius 2 is 2.22 bits per heavy atom. The van der Waals surface area contributed by atoms with Crippen molar-refractivity contribution in [3.63, 3.8) is 0 Å². The van der Waals surface area contributed by atoms with E-state index < -0.39 is 12.0 Å². The number of benzene rings is 1. The van der Waals surface area contributed by atoms with E-state index in [-0.39, 0.29) is 6.10 Å². The highest BCUT2D eigenvalue weighted by Gasteiger charge is 2.31. The lowest BCUT2D eigenvalue weighted by Crippen LogP contribution is -2.40. The average Bonchev–Trinajstić information content (AvgIpc) is 2.90. The number of rotatable bonds is 5. The average molecular weight is 251 g/mol. The molecule has 5 heteroatoms. The predicted molar refractivity (Wildman–Crippen MR) is 67.0 cm³/mol. The lowest BCUT2D eigenvalue weighted by Gasteiger charge is -2.21. The van der Waals surface area contributed by atoms with Crippen molar-refractivity contribution in [2.75, 3.05) is 19.0 Å². The zero-order chi connectivity index (χ0) is 13.0. The summed E-state index contributed by atoms with van der Waals surface area (Å²) in [5.41, 5.74) is 0.749. The van der Waals surface area contributed by atoms with Crippen LogP contribution >= 0.6 is 0 Å². The predicted octanol–water partition coefficient (Wildman–Crippen LogP) is 1.74. The Kier molecular flexibility index (Phi) is 4.04. The molecule has 0 radical (unpaired) electrons. The molecule has 18 heavy (non-hydrogen) atoms. The van der Waals surface area contributed by atoms with Crippen LogP contribution in [0.4, 0.5) is 5.69 Å². The number of ether oxygens (including phenoxy) is 2. The van der Waals surface area contributed by atoms with E-state index in [1.54, 1.807) is 31.4 Å². The molecule has 0 amide bonds. The fourth-order valence-electron chi connectivity index (χ4n) is 2.05. The van der Waals surface area contributed by atoms with Crippen LogP contribution in [0.25, 0.3) is 0 Å². The van der Waals surface area contributed by atoms with Gasteiger partial charge in [-0.25, -0.2) is 4.79 Å². The van der Waals surface area contributed by atoms with E-state index in [2.05, 4.69) is 5.32 Å². The van der Waals surface area contributed by atoms with E-state index in [9.17, 15) is 9.90 Å². The van der Waals surface area contributed by atoms with Crippen molar-refractivity contribution >= 4 is 11.7 Å². The van der Waals surface area contributed by atoms with Crippen molar-refractivity contribution in [3.05, 3.63) is 24.3 Å². The molecule has 98 valence electrons. The third-order valence-corrected chi connectivity index (χ3v) is 3.01. The van der Waals surface area contributed by atoms with E-state index in [0.29, 0.717) is 6.61 Å². The van der Waals surface area contributed by atoms with Gasteiger partial charge in [-0.3, -0.25) is 0 Å². The summed E-state index contributed by atoms with van der Waals surface area (Å²) in [6.45, 7) is 0.638. The second kappa shape index (κ2) is 5.73. The zero-order valence-electron chi connectivity index (χ0n) is 10.3. The molecular formula is C13H17NO4. The maximum Gasteiger partial charge on any atom is 0.328 e. The first kappa shape index (κ1) is 12.7. The molecule has 1 aliphatic heterocycles. The van der Waals surface area contributed by atoms with Crippen LogP contribution in [0.2, 0.25) is 0 Å². The SMILES string of the molecule is COc1ccc(NC(C(=O)O)C2CCCO2)cc1. The number of carboxylic acid groups (broad SMARTS) is 1. The van der Waals surface area contributed by atoms with Gasteiger partial charge in [0.05, 0.1) is 13.2 Å². The minimum atomic E-state index is -0.891. The quantitative estimate of drug-likeness (QED) is 0.834. The second-order valence-electron chi connectivity index (χ2n) is 4.24. The minimum absolute atomic E-state index is 0.260. The molecule has 2 unspecified atom stereocenters. The smallest absolute Gasteiger partial charge is 0.328 e. The standard InChI is InChI=1S/C13H17NO4/c1-17-10-6-4-9(5-7-10)14-12(13(15)16)11-3-2-8-18-11/h4-7,11-12,14H,2-3,8H2,1H3,(H,15,16). The van der Waals surface area contributed by atoms with Crippen LogP contribution in [-0.4, -0.2) is 36.9 Å². The molecule has 0 aromatic heterocycles. The summed E-state index contributed by atoms with van der Waals surface area (Å²) in [4.78, 5) is 11.2. The molecule has 1 heterocycles. The normalized spacial score (nSPS) is 20.4. The summed E-state index contributed by atoms with van der Waals surface area (Å²) in [7, 11) is 1.59. The van der Waals surface area contributed by atoms with Crippen LogP contribution in [-0.2, 0) is 9.53 Å². The van der Waals surface area contributed by atoms with Crippen LogP contribution in [0.1, 0.15) is 12.8 Å². The Balaban J connectivity index is 2.05. The molecule has 0 saturated carbocycles. The molecule has 0 bridgehead atoms. The number of hydrogen-bond acceptors (Lipinski definition) is 4. The second-order valence-corrected chi connectivity index (χ2v) is 4.24. The van der Waals surface area contributed by atoms with Crippen LogP contribution < -0.4 is 10.1 Å². The molecule has 1 fully saturated rings. The summed E-state index contributed by atoms with van der Waals surface area (Å²) in [6, 6.07) is 6.46. The minimum Gasteiger partial charge on any atom is -0.497 e. The van der Waals surface area contributed by atoms with Crippen molar-refractivity contribution in [3.8, 4) is 5.75 Å². The number of anilines is 1. The van der Waals surface area contributed by atoms with Gasteiger partial charge in [0.15, 0.2) is 6.04 Å². The highest BCUT2D eigenvalue weighted by Crippen LogP contribution is 2.21. The first-order valence-electron chi connectivity index (χ1n) is 5.95. The molecular weight excluding hydrogens is 234 g/mol. The highest BCUT2D eigenvalue weighted by molar-refractivity contribution is 5.78. The number of hydrogen-bond donors (Lipinski definition) is 2. The molecule has 0 spiro atoms. The summed E-state index contributed by atoms with van der Waals surface area (Å²) >= 11 is 0. The largest absolute Gasteiger partial charge is 0.497 e. The maximum atomic E-state index is 11.2. The topological polar surface area (TPSA) is 67.8 Å². The Bertz CT molecular complexity index is 398. The Hall–Kier alpha value is -1.75. The van der Waals surface area contributed by atoms with Crippen LogP contribution in [0.3, 0.4) is 0 Å². The summed E-state index contributed by atoms with van der Waals surface area (Å²) in [5.74, 6) is -0.151. The maximum absolute atomic E-state index is 11.2. The molecule has 1 aromatic carbocycles. The fraction of sp³-hybridized carbons (Fsp3) is 0.462. The number of carboxylic acids is 1. The van der Waals surface area contributed by atoms with Crippen molar-refractivity contribution < 1.29 is 19.4 Å². The van der Waals surface area contributed by atoms with E-state index in [4.69, 9.17) is 9.47 Å². The third-order valence-electron chi connectivity index (χ3n) is 3.01. The third kappa shape index (κ3) is 2.92. The first-order chi connectivity index (χ1) is 8.70. The van der Waals surface area contributed by atoms with Gasteiger partial charge in [-0.05, 0) is 37.1 Å². The van der Waals surface area contributed by atoms with Gasteiger partial charge in [-0.1, -0.05) is 0 Å². The molecule has 5 nitrogen and oxygen atoms in total. The molecule has 2 N–H and O–H groups in total. The molecule has 0 aliphatic carbocycles. The van der Waals surface area contributed by atoms with E-state index in [0.717, 1.165) is 24.3 Å². The van der Waals surface area contributed by atoms with Gasteiger partial charge >= 0.3 is 5.97 Å². The number of nitrogens with one attached hydrogen (secondary N) is 1. The highest BCUT2D eigenvalue weighted by atomic mass is 16.5. The molecule has 1 saturated heterocycles. The summed E-state index contributed by atoms with van der Waals surface area (Å²) in [5, 5.41) is 12.2. The van der Waals surface area contributed by atoms with Crippen LogP contribution in [0.15, 0.2) is 24.3 Å². The van der Waals surface area contributed by atoms with Gasteiger partial charge < -0.3 is 19.9 Å². The van der Waals surface area contributed by atoms with Gasteiger partial charge in [0, 0.05) is 12.3 Å². The van der Waals surface area contributed by atoms with Gasteiger partial charge in [0.2, 0.25) is 0 Å². The number of aliphatic carboxylic acids is 1. The van der Waals surface area contributed by atoms with Crippen molar-refractivity contribution in [2.45, 2.75) is 25.0 Å². The van der Waals surface area contributed by atoms with E-state index in [1.165, 1.54) is 0 Å². The van der Waals surface area contributed by atoms with Crippen molar-refractivity contribution in [1.29, 1.82) is 0 Å². The molecule has 1 aromatic rings. The van der Waals surface area contributed by atoms with E-state index >= 15 is 0 Å². The Labute approximate surface area is 106 Å². The molecule has 2 rings (SSSR count). The summed E-state index contributed by atoms with van der Waals surface area (Å²) < 4.78 is 10.5. The van der Waals surface area contributed by atoms with Crippen LogP contribution in [0.5, 0.6) is 5.75 Å². The van der Waals surface area contributed by atoms with Gasteiger partial charge in [-0.2, -0.15) is 0 Å². The van der Waals surface area contributed by atoms with Crippen molar-refractivity contribution in [1.82, 2.24) is 0 Å². The monoisotopic (exact) mass is 251 g/mol. The van der Waals surface area contributed by atoms with Gasteiger partial charge in [0.1, 0.15) is 5.75 Å². The first-order valence-corrected chi connectivity index (χ1v) is 5.95. The van der Waals surface area contributed by atoms with Crippen molar-refractivity contribution in [2.24, 2.45) is 0 Å². The van der Waals surface area contributed by atoms with Gasteiger partial charge in [-0.15, -0.1) is 0 Å². The molecule has 1 aliphatic rings. The van der Waals surface area contributed by atoms with E-state index in [1.807, 2.05) is 0 Å². The Morgan fingerprint density at radius 1 is 1.50 bits per heavy atom. The number of carbonyl (C=O) groups is 1. The lowest BCUT2D eigenvalue weighted by molar-refractivity contribution is -0.140. The fourth-order valence-corrected chi connectivity index (χ4v) is 2.05. The Morgan fingerprint density at radius 3 is 2.72 bits per heavy atom. The zero-order valence-corrected chi connectivity index (χ0v) is 10.3.